The van der Waals surface area contributed by atoms with Crippen molar-refractivity contribution >= 4 is 17.3 Å². The number of carbonyl (C=O) groups excluding carboxylic acids is 1. The zero-order valence-corrected chi connectivity index (χ0v) is 14.8. The van der Waals surface area contributed by atoms with Crippen molar-refractivity contribution in [1.29, 1.82) is 0 Å². The highest BCUT2D eigenvalue weighted by atomic mass is 16.6. The fourth-order valence-electron chi connectivity index (χ4n) is 3.88. The van der Waals surface area contributed by atoms with E-state index in [2.05, 4.69) is 18.7 Å². The maximum Gasteiger partial charge on any atom is 0.293 e. The van der Waals surface area contributed by atoms with Crippen molar-refractivity contribution in [3.8, 4) is 0 Å². The van der Waals surface area contributed by atoms with E-state index >= 15 is 0 Å². The summed E-state index contributed by atoms with van der Waals surface area (Å²) in [6, 6.07) is 4.87. The van der Waals surface area contributed by atoms with Gasteiger partial charge in [0.05, 0.1) is 18.1 Å². The Morgan fingerprint density at radius 2 is 1.84 bits per heavy atom. The second-order valence-electron chi connectivity index (χ2n) is 7.22. The molecule has 1 aromatic rings. The fraction of sp³-hybridized carbons (Fsp3) is 0.611. The van der Waals surface area contributed by atoms with Crippen molar-refractivity contribution in [3.63, 3.8) is 0 Å². The minimum Gasteiger partial charge on any atom is -0.378 e. The van der Waals surface area contributed by atoms with Crippen molar-refractivity contribution < 1.29 is 14.5 Å². The number of morpholine rings is 1. The average Bonchev–Trinajstić information content (AvgIpc) is 2.60. The van der Waals surface area contributed by atoms with Crippen LogP contribution in [0.2, 0.25) is 0 Å². The summed E-state index contributed by atoms with van der Waals surface area (Å²) in [6.45, 7) is 8.02. The van der Waals surface area contributed by atoms with Crippen molar-refractivity contribution in [2.75, 3.05) is 44.3 Å². The molecule has 2 saturated heterocycles. The third-order valence-electron chi connectivity index (χ3n) is 4.93. The predicted molar refractivity (Wildman–Crippen MR) is 95.0 cm³/mol. The van der Waals surface area contributed by atoms with Crippen LogP contribution in [0.15, 0.2) is 18.2 Å². The van der Waals surface area contributed by atoms with Crippen LogP contribution in [0.4, 0.5) is 11.4 Å². The van der Waals surface area contributed by atoms with E-state index < -0.39 is 0 Å². The number of hydrogen-bond acceptors (Lipinski definition) is 5. The van der Waals surface area contributed by atoms with Crippen LogP contribution in [-0.2, 0) is 4.74 Å². The first-order valence-corrected chi connectivity index (χ1v) is 8.86. The van der Waals surface area contributed by atoms with Crippen molar-refractivity contribution in [1.82, 2.24) is 4.90 Å². The Balaban J connectivity index is 1.87. The van der Waals surface area contributed by atoms with E-state index in [-0.39, 0.29) is 16.5 Å². The molecule has 0 bridgehead atoms. The molecular weight excluding hydrogens is 322 g/mol. The highest BCUT2D eigenvalue weighted by Crippen LogP contribution is 2.34. The third kappa shape index (κ3) is 3.92. The molecule has 0 N–H and O–H groups in total. The number of anilines is 1. The molecule has 7 nitrogen and oxygen atoms in total. The van der Waals surface area contributed by atoms with Gasteiger partial charge in [-0.3, -0.25) is 14.9 Å². The van der Waals surface area contributed by atoms with Gasteiger partial charge in [-0.15, -0.1) is 0 Å². The molecule has 0 aliphatic carbocycles. The summed E-state index contributed by atoms with van der Waals surface area (Å²) in [4.78, 5) is 27.6. The van der Waals surface area contributed by atoms with Gasteiger partial charge in [0.15, 0.2) is 0 Å². The van der Waals surface area contributed by atoms with Gasteiger partial charge in [-0.1, -0.05) is 13.8 Å². The summed E-state index contributed by atoms with van der Waals surface area (Å²) < 4.78 is 5.26. The van der Waals surface area contributed by atoms with Gasteiger partial charge in [-0.2, -0.15) is 0 Å². The largest absolute Gasteiger partial charge is 0.378 e. The number of benzene rings is 1. The van der Waals surface area contributed by atoms with Gasteiger partial charge >= 0.3 is 0 Å². The summed E-state index contributed by atoms with van der Waals surface area (Å²) in [5.74, 6) is 0.828. The van der Waals surface area contributed by atoms with E-state index in [1.807, 2.05) is 0 Å². The molecule has 2 aliphatic heterocycles. The zero-order chi connectivity index (χ0) is 18.0. The van der Waals surface area contributed by atoms with E-state index in [1.165, 1.54) is 6.07 Å². The van der Waals surface area contributed by atoms with Gasteiger partial charge in [0, 0.05) is 37.8 Å². The van der Waals surface area contributed by atoms with Gasteiger partial charge in [0.2, 0.25) is 0 Å². The van der Waals surface area contributed by atoms with Crippen molar-refractivity contribution in [3.05, 3.63) is 33.9 Å². The second-order valence-corrected chi connectivity index (χ2v) is 7.22. The van der Waals surface area contributed by atoms with Gasteiger partial charge in [0.25, 0.3) is 11.6 Å². The van der Waals surface area contributed by atoms with Gasteiger partial charge in [-0.05, 0) is 30.4 Å². The summed E-state index contributed by atoms with van der Waals surface area (Å²) in [6.07, 6.45) is 1.14. The molecule has 1 amide bonds. The Bertz CT molecular complexity index is 648. The third-order valence-corrected chi connectivity index (χ3v) is 4.93. The molecule has 2 atom stereocenters. The topological polar surface area (TPSA) is 75.9 Å². The molecule has 2 aliphatic rings. The highest BCUT2D eigenvalue weighted by molar-refractivity contribution is 5.96. The van der Waals surface area contributed by atoms with E-state index in [1.54, 1.807) is 17.0 Å². The number of nitro benzene ring substituents is 1. The summed E-state index contributed by atoms with van der Waals surface area (Å²) >= 11 is 0. The van der Waals surface area contributed by atoms with Crippen LogP contribution < -0.4 is 4.90 Å². The normalized spacial score (nSPS) is 24.2. The molecule has 1 aromatic carbocycles. The zero-order valence-electron chi connectivity index (χ0n) is 14.8. The Morgan fingerprint density at radius 1 is 1.20 bits per heavy atom. The number of amides is 1. The Hall–Kier alpha value is -2.15. The Labute approximate surface area is 147 Å². The van der Waals surface area contributed by atoms with Crippen LogP contribution in [-0.4, -0.2) is 55.1 Å². The molecule has 2 unspecified atom stereocenters. The molecule has 25 heavy (non-hydrogen) atoms. The minimum absolute atomic E-state index is 0.0143. The van der Waals surface area contributed by atoms with Crippen LogP contribution in [0.25, 0.3) is 0 Å². The Morgan fingerprint density at radius 3 is 2.44 bits per heavy atom. The molecule has 136 valence electrons. The number of carbonyl (C=O) groups is 1. The Kier molecular flexibility index (Phi) is 5.22. The van der Waals surface area contributed by atoms with E-state index in [9.17, 15) is 14.9 Å². The average molecular weight is 347 g/mol. The maximum atomic E-state index is 12.6. The predicted octanol–water partition coefficient (Wildman–Crippen LogP) is 2.55. The molecule has 7 heteroatoms. The van der Waals surface area contributed by atoms with Crippen LogP contribution in [0, 0.1) is 22.0 Å². The number of nitrogens with zero attached hydrogens (tertiary/aromatic N) is 3. The number of hydrogen-bond donors (Lipinski definition) is 0. The molecule has 2 fully saturated rings. The first kappa shape index (κ1) is 17.7. The first-order chi connectivity index (χ1) is 12.0. The molecule has 0 radical (unpaired) electrons. The van der Waals surface area contributed by atoms with Crippen molar-refractivity contribution in [2.24, 2.45) is 11.8 Å². The fourth-order valence-corrected chi connectivity index (χ4v) is 3.88. The van der Waals surface area contributed by atoms with E-state index in [0.29, 0.717) is 49.4 Å². The number of rotatable bonds is 3. The SMILES string of the molecule is CC1CC(C)CN(c2ccc(C(=O)N3CCOCC3)cc2[N+](=O)[O-])C1. The van der Waals surface area contributed by atoms with Crippen LogP contribution in [0.1, 0.15) is 30.6 Å². The lowest BCUT2D eigenvalue weighted by atomic mass is 9.91. The quantitative estimate of drug-likeness (QED) is 0.620. The van der Waals surface area contributed by atoms with Gasteiger partial charge < -0.3 is 14.5 Å². The molecule has 3 rings (SSSR count). The molecule has 0 aromatic heterocycles. The maximum absolute atomic E-state index is 12.6. The van der Waals surface area contributed by atoms with Crippen LogP contribution >= 0.6 is 0 Å². The lowest BCUT2D eigenvalue weighted by Crippen LogP contribution is -2.41. The molecular formula is C18H25N3O4. The monoisotopic (exact) mass is 347 g/mol. The first-order valence-electron chi connectivity index (χ1n) is 8.86. The summed E-state index contributed by atoms with van der Waals surface area (Å²) in [7, 11) is 0. The molecule has 2 heterocycles. The van der Waals surface area contributed by atoms with Gasteiger partial charge in [0.1, 0.15) is 5.69 Å². The summed E-state index contributed by atoms with van der Waals surface area (Å²) in [5, 5.41) is 11.6. The van der Waals surface area contributed by atoms with Crippen LogP contribution in [0.3, 0.4) is 0 Å². The lowest BCUT2D eigenvalue weighted by Gasteiger charge is -2.36. The van der Waals surface area contributed by atoms with Crippen LogP contribution in [0.5, 0.6) is 0 Å². The van der Waals surface area contributed by atoms with E-state index in [0.717, 1.165) is 19.5 Å². The van der Waals surface area contributed by atoms with E-state index in [4.69, 9.17) is 4.74 Å². The number of nitro groups is 1. The smallest absolute Gasteiger partial charge is 0.293 e. The second kappa shape index (κ2) is 7.39. The highest BCUT2D eigenvalue weighted by Gasteiger charge is 2.28. The lowest BCUT2D eigenvalue weighted by molar-refractivity contribution is -0.384. The van der Waals surface area contributed by atoms with Gasteiger partial charge in [-0.25, -0.2) is 0 Å². The summed E-state index contributed by atoms with van der Waals surface area (Å²) in [5.41, 5.74) is 0.998. The molecule has 0 saturated carbocycles. The molecule has 0 spiro atoms. The standard InChI is InChI=1S/C18H25N3O4/c1-13-9-14(2)12-20(11-13)16-4-3-15(10-17(16)21(23)24)18(22)19-5-7-25-8-6-19/h3-4,10,13-14H,5-9,11-12H2,1-2H3. The number of ether oxygens (including phenoxy) is 1. The minimum atomic E-state index is -0.380. The van der Waals surface area contributed by atoms with Crippen molar-refractivity contribution in [2.45, 2.75) is 20.3 Å². The number of piperidine rings is 1.